The minimum atomic E-state index is -4.72. The van der Waals surface area contributed by atoms with Crippen LogP contribution in [0, 0.1) is 0 Å². The number of alkyl halides is 1. The van der Waals surface area contributed by atoms with Crippen LogP contribution in [0.5, 0.6) is 0 Å². The molecular formula is C19H31FN5O8P. The Morgan fingerprint density at radius 3 is 2.50 bits per heavy atom. The molecule has 1 aliphatic rings. The highest BCUT2D eigenvalue weighted by molar-refractivity contribution is 7.54. The maximum absolute atomic E-state index is 14.0. The van der Waals surface area contributed by atoms with E-state index in [1.165, 1.54) is 38.7 Å². The molecule has 1 aliphatic heterocycles. The summed E-state index contributed by atoms with van der Waals surface area (Å²) < 4.78 is 40.1. The number of fused-ring (bicyclic) bond motifs is 1. The number of aromatic nitrogens is 4. The van der Waals surface area contributed by atoms with E-state index in [0.29, 0.717) is 0 Å². The van der Waals surface area contributed by atoms with Crippen molar-refractivity contribution in [3.63, 3.8) is 0 Å². The highest BCUT2D eigenvalue weighted by Crippen LogP contribution is 2.60. The van der Waals surface area contributed by atoms with Crippen LogP contribution in [0.3, 0.4) is 0 Å². The van der Waals surface area contributed by atoms with Crippen molar-refractivity contribution in [2.75, 3.05) is 12.4 Å². The van der Waals surface area contributed by atoms with E-state index >= 15 is 0 Å². The van der Waals surface area contributed by atoms with Gasteiger partial charge in [0, 0.05) is 13.5 Å². The molecule has 6 atom stereocenters. The molecule has 0 aliphatic carbocycles. The molecule has 2 unspecified atom stereocenters. The maximum Gasteiger partial charge on any atom is 0.359 e. The van der Waals surface area contributed by atoms with Crippen LogP contribution in [0.25, 0.3) is 11.2 Å². The van der Waals surface area contributed by atoms with E-state index < -0.39 is 61.7 Å². The van der Waals surface area contributed by atoms with Gasteiger partial charge in [0.2, 0.25) is 5.95 Å². The number of rotatable bonds is 9. The lowest BCUT2D eigenvalue weighted by molar-refractivity contribution is -0.0740. The third kappa shape index (κ3) is 4.39. The molecule has 0 bridgehead atoms. The molecule has 0 spiro atoms. The Morgan fingerprint density at radius 2 is 1.94 bits per heavy atom. The van der Waals surface area contributed by atoms with Crippen molar-refractivity contribution in [3.05, 3.63) is 16.7 Å². The number of nitrogens with two attached hydrogens (primary N) is 1. The van der Waals surface area contributed by atoms with Gasteiger partial charge < -0.3 is 30.7 Å². The monoisotopic (exact) mass is 507 g/mol. The van der Waals surface area contributed by atoms with Crippen molar-refractivity contribution in [3.8, 4) is 0 Å². The lowest BCUT2D eigenvalue weighted by Gasteiger charge is -2.37. The van der Waals surface area contributed by atoms with E-state index in [-0.39, 0.29) is 30.0 Å². The number of hydrogen-bond acceptors (Lipinski definition) is 10. The first kappa shape index (κ1) is 26.7. The first-order chi connectivity index (χ1) is 15.7. The van der Waals surface area contributed by atoms with Gasteiger partial charge in [0.1, 0.15) is 24.5 Å². The molecule has 34 heavy (non-hydrogen) atoms. The fourth-order valence-corrected chi connectivity index (χ4v) is 5.64. The summed E-state index contributed by atoms with van der Waals surface area (Å²) in [6, 6.07) is 0. The lowest BCUT2D eigenvalue weighted by Crippen LogP contribution is -2.42. The molecule has 15 heteroatoms. The number of nitrogen functional groups attached to an aromatic ring is 1. The van der Waals surface area contributed by atoms with E-state index in [1.807, 2.05) is 0 Å². The highest BCUT2D eigenvalue weighted by Gasteiger charge is 2.52. The lowest BCUT2D eigenvalue weighted by atomic mass is 9.96. The molecule has 192 valence electrons. The molecule has 0 saturated carbocycles. The zero-order chi connectivity index (χ0) is 25.6. The number of hydrogen-bond donors (Lipinski definition) is 5. The number of imidazole rings is 1. The summed E-state index contributed by atoms with van der Waals surface area (Å²) in [5.41, 5.74) is 3.26. The minimum Gasteiger partial charge on any atom is -0.388 e. The smallest absolute Gasteiger partial charge is 0.359 e. The molecule has 0 radical (unpaired) electrons. The Hall–Kier alpha value is -1.93. The van der Waals surface area contributed by atoms with Gasteiger partial charge in [-0.2, -0.15) is 4.98 Å². The number of ether oxygens (including phenoxy) is 1. The Bertz CT molecular complexity index is 1150. The summed E-state index contributed by atoms with van der Waals surface area (Å²) in [5, 5.41) is 29.6. The van der Waals surface area contributed by atoms with Crippen molar-refractivity contribution in [1.29, 1.82) is 0 Å². The van der Waals surface area contributed by atoms with Crippen LogP contribution in [-0.2, 0) is 20.9 Å². The van der Waals surface area contributed by atoms with E-state index in [9.17, 15) is 34.0 Å². The van der Waals surface area contributed by atoms with Gasteiger partial charge in [-0.1, -0.05) is 13.8 Å². The maximum atomic E-state index is 14.0. The van der Waals surface area contributed by atoms with Crippen molar-refractivity contribution in [2.24, 2.45) is 7.05 Å². The van der Waals surface area contributed by atoms with Crippen molar-refractivity contribution in [1.82, 2.24) is 19.1 Å². The first-order valence-electron chi connectivity index (χ1n) is 10.8. The van der Waals surface area contributed by atoms with Gasteiger partial charge in [-0.3, -0.25) is 23.0 Å². The number of halogens is 1. The van der Waals surface area contributed by atoms with Gasteiger partial charge in [-0.25, -0.2) is 9.37 Å². The van der Waals surface area contributed by atoms with Crippen LogP contribution in [0.4, 0.5) is 10.3 Å². The van der Waals surface area contributed by atoms with Gasteiger partial charge >= 0.3 is 7.60 Å². The molecule has 2 aromatic rings. The van der Waals surface area contributed by atoms with Crippen LogP contribution in [0.1, 0.15) is 46.3 Å². The fourth-order valence-electron chi connectivity index (χ4n) is 3.95. The molecule has 1 saturated heterocycles. The van der Waals surface area contributed by atoms with Gasteiger partial charge in [-0.15, -0.1) is 0 Å². The molecule has 1 fully saturated rings. The van der Waals surface area contributed by atoms with Gasteiger partial charge in [0.05, 0.1) is 12.4 Å². The SMILES string of the molecule is CCC(O)(CC)P(=O)(O)OC(C)(CF)C[C@H]1O[C@@H](n2cnc3c(=O)n(C)c(N)nc32)[C@H](O)[C@@H]1O. The number of aliphatic hydroxyl groups is 3. The molecule has 2 aromatic heterocycles. The zero-order valence-corrected chi connectivity index (χ0v) is 20.2. The number of aliphatic hydroxyl groups excluding tert-OH is 2. The molecule has 13 nitrogen and oxygen atoms in total. The van der Waals surface area contributed by atoms with Crippen LogP contribution in [-0.4, -0.2) is 75.2 Å². The Morgan fingerprint density at radius 1 is 1.32 bits per heavy atom. The van der Waals surface area contributed by atoms with Crippen molar-refractivity contribution >= 4 is 24.7 Å². The largest absolute Gasteiger partial charge is 0.388 e. The topological polar surface area (TPSA) is 195 Å². The van der Waals surface area contributed by atoms with Gasteiger partial charge in [0.25, 0.3) is 5.56 Å². The summed E-state index contributed by atoms with van der Waals surface area (Å²) in [4.78, 5) is 30.8. The summed E-state index contributed by atoms with van der Waals surface area (Å²) >= 11 is 0. The zero-order valence-electron chi connectivity index (χ0n) is 19.3. The number of anilines is 1. The molecule has 3 heterocycles. The predicted molar refractivity (Wildman–Crippen MR) is 119 cm³/mol. The van der Waals surface area contributed by atoms with E-state index in [1.54, 1.807) is 0 Å². The van der Waals surface area contributed by atoms with E-state index in [2.05, 4.69) is 9.97 Å². The van der Waals surface area contributed by atoms with E-state index in [4.69, 9.17) is 15.0 Å². The van der Waals surface area contributed by atoms with Crippen LogP contribution < -0.4 is 11.3 Å². The second-order valence-electron chi connectivity index (χ2n) is 8.79. The number of nitrogens with zero attached hydrogens (tertiary/aromatic N) is 4. The third-order valence-electron chi connectivity index (χ3n) is 6.37. The second kappa shape index (κ2) is 9.26. The average molecular weight is 507 g/mol. The molecule has 0 aromatic carbocycles. The van der Waals surface area contributed by atoms with Gasteiger partial charge in [-0.05, 0) is 19.8 Å². The molecule has 3 rings (SSSR count). The first-order valence-corrected chi connectivity index (χ1v) is 12.3. The standard InChI is InChI=1S/C19H31FN5O8P/c1-5-19(29,6-2)34(30,31)33-18(3,8-20)7-10-12(26)13(27)16(32-10)25-9-22-11-14(25)23-17(21)24(4)15(11)28/h9-10,12-13,16,26-27,29H,5-8H2,1-4H3,(H2,21,23)(H,30,31)/t10-,12-,13-,16-,18?/m1/s1. The Labute approximate surface area is 194 Å². The summed E-state index contributed by atoms with van der Waals surface area (Å²) in [6.45, 7) is 2.96. The molecule has 0 amide bonds. The minimum absolute atomic E-state index is 0.0119. The molecule has 6 N–H and O–H groups in total. The van der Waals surface area contributed by atoms with Crippen LogP contribution in [0.15, 0.2) is 11.1 Å². The quantitative estimate of drug-likeness (QED) is 0.290. The highest BCUT2D eigenvalue weighted by atomic mass is 31.2. The van der Waals surface area contributed by atoms with Crippen LogP contribution in [0.2, 0.25) is 0 Å². The van der Waals surface area contributed by atoms with E-state index in [0.717, 1.165) is 4.57 Å². The average Bonchev–Trinajstić information content (AvgIpc) is 3.32. The van der Waals surface area contributed by atoms with Gasteiger partial charge in [0.15, 0.2) is 22.7 Å². The summed E-state index contributed by atoms with van der Waals surface area (Å²) in [5.74, 6) is -0.111. The Kier molecular flexibility index (Phi) is 7.27. The fraction of sp³-hybridized carbons (Fsp3) is 0.737. The summed E-state index contributed by atoms with van der Waals surface area (Å²) in [6.07, 6.45) is -5.04. The second-order valence-corrected chi connectivity index (χ2v) is 10.8. The third-order valence-corrected chi connectivity index (χ3v) is 8.74. The van der Waals surface area contributed by atoms with Crippen molar-refractivity contribution in [2.45, 2.75) is 75.5 Å². The normalized spacial score (nSPS) is 27.1. The Balaban J connectivity index is 1.88. The summed E-state index contributed by atoms with van der Waals surface area (Å²) in [7, 11) is -3.30. The van der Waals surface area contributed by atoms with Crippen LogP contribution >= 0.6 is 7.60 Å². The predicted octanol–water partition coefficient (Wildman–Crippen LogP) is 0.160. The van der Waals surface area contributed by atoms with Crippen molar-refractivity contribution < 1.29 is 38.4 Å². The molecular weight excluding hydrogens is 476 g/mol.